The van der Waals surface area contributed by atoms with Gasteiger partial charge in [-0.15, -0.1) is 0 Å². The van der Waals surface area contributed by atoms with E-state index in [0.29, 0.717) is 19.0 Å². The zero-order valence-corrected chi connectivity index (χ0v) is 26.5. The van der Waals surface area contributed by atoms with Crippen LogP contribution in [0.2, 0.25) is 0 Å². The summed E-state index contributed by atoms with van der Waals surface area (Å²) in [7, 11) is 0. The van der Waals surface area contributed by atoms with Crippen molar-refractivity contribution in [1.29, 1.82) is 0 Å². The lowest BCUT2D eigenvalue weighted by Crippen LogP contribution is -2.54. The normalized spacial score (nSPS) is 16.8. The number of hydrogen-bond donors (Lipinski definition) is 1. The summed E-state index contributed by atoms with van der Waals surface area (Å²) < 4.78 is 5.39. The van der Waals surface area contributed by atoms with E-state index in [2.05, 4.69) is 34.6 Å². The molecule has 224 valence electrons. The van der Waals surface area contributed by atoms with Gasteiger partial charge < -0.3 is 4.74 Å². The minimum atomic E-state index is -0.502. The first kappa shape index (κ1) is 32.2. The van der Waals surface area contributed by atoms with Crippen LogP contribution >= 0.6 is 12.6 Å². The molecule has 2 aliphatic rings. The fraction of sp³-hybridized carbons (Fsp3) is 0.444. The predicted octanol–water partition coefficient (Wildman–Crippen LogP) is 7.21. The van der Waals surface area contributed by atoms with Crippen molar-refractivity contribution in [2.24, 2.45) is 0 Å². The zero-order chi connectivity index (χ0) is 30.2. The third kappa shape index (κ3) is 7.78. The molecule has 0 atom stereocenters. The lowest BCUT2D eigenvalue weighted by atomic mass is 9.89. The molecule has 0 aliphatic carbocycles. The number of piperidine rings is 1. The molecule has 0 aromatic heterocycles. The highest BCUT2D eigenvalue weighted by Gasteiger charge is 2.36. The second-order valence-corrected chi connectivity index (χ2v) is 12.5. The first-order chi connectivity index (χ1) is 20.1. The Morgan fingerprint density at radius 3 is 1.60 bits per heavy atom. The van der Waals surface area contributed by atoms with Gasteiger partial charge in [0.25, 0.3) is 0 Å². The predicted molar refractivity (Wildman–Crippen MR) is 176 cm³/mol. The quantitative estimate of drug-likeness (QED) is 0.223. The number of thiol groups is 1. The van der Waals surface area contributed by atoms with Gasteiger partial charge in [-0.3, -0.25) is 19.4 Å². The Kier molecular flexibility index (Phi) is 11.2. The van der Waals surface area contributed by atoms with E-state index in [1.54, 1.807) is 0 Å². The van der Waals surface area contributed by atoms with E-state index in [1.165, 1.54) is 24.8 Å². The van der Waals surface area contributed by atoms with E-state index in [1.807, 2.05) is 94.4 Å². The Labute approximate surface area is 257 Å². The van der Waals surface area contributed by atoms with Crippen LogP contribution in [0.1, 0.15) is 73.2 Å². The maximum absolute atomic E-state index is 12.9. The molecule has 0 bridgehead atoms. The summed E-state index contributed by atoms with van der Waals surface area (Å²) in [6.45, 7) is 13.2. The number of rotatable bonds is 8. The molecule has 0 saturated carbocycles. The van der Waals surface area contributed by atoms with Crippen LogP contribution in [0.5, 0.6) is 0 Å². The average Bonchev–Trinajstić information content (AvgIpc) is 3.05. The topological polar surface area (TPSA) is 49.9 Å². The average molecular weight is 587 g/mol. The summed E-state index contributed by atoms with van der Waals surface area (Å²) in [5, 5.41) is 0. The van der Waals surface area contributed by atoms with Crippen molar-refractivity contribution in [3.63, 3.8) is 0 Å². The molecule has 5 nitrogen and oxygen atoms in total. The van der Waals surface area contributed by atoms with E-state index < -0.39 is 11.1 Å². The van der Waals surface area contributed by atoms with Crippen LogP contribution in [-0.2, 0) is 10.5 Å². The number of ether oxygens (including phenoxy) is 1. The van der Waals surface area contributed by atoms with Crippen LogP contribution < -0.4 is 0 Å². The Bertz CT molecular complexity index is 1290. The van der Waals surface area contributed by atoms with Gasteiger partial charge in [0.2, 0.25) is 0 Å². The molecule has 0 spiro atoms. The van der Waals surface area contributed by atoms with E-state index in [4.69, 9.17) is 4.74 Å². The van der Waals surface area contributed by atoms with Gasteiger partial charge in [-0.25, -0.2) is 0 Å². The third-order valence-corrected chi connectivity index (χ3v) is 9.08. The molecular formula is C36H46N2O3S. The summed E-state index contributed by atoms with van der Waals surface area (Å²) in [4.78, 5) is 30.2. The number of hydrogen-bond acceptors (Lipinski definition) is 6. The lowest BCUT2D eigenvalue weighted by Gasteiger charge is -2.39. The Morgan fingerprint density at radius 2 is 1.10 bits per heavy atom. The molecule has 0 amide bonds. The maximum Gasteiger partial charge on any atom is 0.182 e. The zero-order valence-electron chi connectivity index (χ0n) is 25.6. The van der Waals surface area contributed by atoms with Gasteiger partial charge in [0.05, 0.1) is 24.3 Å². The number of benzene rings is 3. The molecule has 2 saturated heterocycles. The minimum absolute atomic E-state index is 0.166. The van der Waals surface area contributed by atoms with Crippen LogP contribution in [-0.4, -0.2) is 71.8 Å². The Balaban J connectivity index is 0.000000197. The molecule has 3 aromatic carbocycles. The van der Waals surface area contributed by atoms with Crippen molar-refractivity contribution in [3.8, 4) is 11.1 Å². The molecule has 0 radical (unpaired) electrons. The van der Waals surface area contributed by atoms with Gasteiger partial charge in [0.15, 0.2) is 11.6 Å². The van der Waals surface area contributed by atoms with Crippen LogP contribution in [0.15, 0.2) is 78.9 Å². The van der Waals surface area contributed by atoms with Crippen LogP contribution in [0.3, 0.4) is 0 Å². The minimum Gasteiger partial charge on any atom is -0.379 e. The number of likely N-dealkylation sites (tertiary alicyclic amines) is 1. The summed E-state index contributed by atoms with van der Waals surface area (Å²) >= 11 is 4.24. The van der Waals surface area contributed by atoms with E-state index in [-0.39, 0.29) is 11.6 Å². The highest BCUT2D eigenvalue weighted by atomic mass is 32.1. The van der Waals surface area contributed by atoms with Crippen molar-refractivity contribution < 1.29 is 14.3 Å². The summed E-state index contributed by atoms with van der Waals surface area (Å²) in [6.07, 6.45) is 3.70. The fourth-order valence-electron chi connectivity index (χ4n) is 5.78. The summed E-state index contributed by atoms with van der Waals surface area (Å²) in [6, 6.07) is 26.0. The molecule has 42 heavy (non-hydrogen) atoms. The molecule has 2 aliphatic heterocycles. The first-order valence-corrected chi connectivity index (χ1v) is 15.8. The molecule has 0 N–H and O–H groups in total. The number of nitrogens with zero attached hydrogens (tertiary/aromatic N) is 2. The number of carbonyl (C=O) groups excluding carboxylic acids is 2. The van der Waals surface area contributed by atoms with Crippen LogP contribution in [0.25, 0.3) is 11.1 Å². The third-order valence-electron chi connectivity index (χ3n) is 8.71. The van der Waals surface area contributed by atoms with Crippen LogP contribution in [0, 0.1) is 0 Å². The number of Topliss-reactive ketones (excluding diaryl/α,β-unsaturated/α-hetero) is 2. The Morgan fingerprint density at radius 1 is 0.643 bits per heavy atom. The van der Waals surface area contributed by atoms with Gasteiger partial charge in [0.1, 0.15) is 0 Å². The van der Waals surface area contributed by atoms with Crippen molar-refractivity contribution in [2.45, 2.75) is 63.8 Å². The van der Waals surface area contributed by atoms with E-state index in [0.717, 1.165) is 48.4 Å². The lowest BCUT2D eigenvalue weighted by molar-refractivity contribution is -0.00429. The molecular weight excluding hydrogens is 540 g/mol. The summed E-state index contributed by atoms with van der Waals surface area (Å²) in [5.41, 5.74) is 4.12. The highest BCUT2D eigenvalue weighted by Crippen LogP contribution is 2.26. The van der Waals surface area contributed by atoms with Gasteiger partial charge in [-0.05, 0) is 70.3 Å². The molecule has 2 fully saturated rings. The van der Waals surface area contributed by atoms with E-state index in [9.17, 15) is 9.59 Å². The van der Waals surface area contributed by atoms with Gasteiger partial charge in [0, 0.05) is 30.0 Å². The van der Waals surface area contributed by atoms with Gasteiger partial charge >= 0.3 is 0 Å². The molecule has 2 heterocycles. The smallest absolute Gasteiger partial charge is 0.182 e. The van der Waals surface area contributed by atoms with Crippen molar-refractivity contribution in [2.75, 3.05) is 39.4 Å². The number of ketones is 2. The second kappa shape index (κ2) is 14.6. The molecule has 0 unspecified atom stereocenters. The van der Waals surface area contributed by atoms with Crippen molar-refractivity contribution in [1.82, 2.24) is 9.80 Å². The van der Waals surface area contributed by atoms with Gasteiger partial charge in [-0.2, -0.15) is 12.6 Å². The number of morpholine rings is 1. The van der Waals surface area contributed by atoms with E-state index >= 15 is 0 Å². The second-order valence-electron chi connectivity index (χ2n) is 12.2. The molecule has 6 heteroatoms. The van der Waals surface area contributed by atoms with Crippen LogP contribution in [0.4, 0.5) is 0 Å². The Hall–Kier alpha value is -2.77. The first-order valence-electron chi connectivity index (χ1n) is 15.2. The van der Waals surface area contributed by atoms with Crippen molar-refractivity contribution in [3.05, 3.63) is 95.6 Å². The fourth-order valence-corrected chi connectivity index (χ4v) is 5.99. The largest absolute Gasteiger partial charge is 0.379 e. The molecule has 5 rings (SSSR count). The van der Waals surface area contributed by atoms with Crippen molar-refractivity contribution >= 4 is 24.2 Å². The maximum atomic E-state index is 12.9. The van der Waals surface area contributed by atoms with Gasteiger partial charge in [-0.1, -0.05) is 85.3 Å². The summed E-state index contributed by atoms with van der Waals surface area (Å²) in [5.74, 6) is 1.10. The highest BCUT2D eigenvalue weighted by molar-refractivity contribution is 7.79. The SMILES string of the molecule is CC(C)(C(=O)c1ccc(-c2ccccc2)cc1)N1CCOCC1.CC(C)(C(=O)c1ccc(CS)cc1)N1CCCCC1. The standard InChI is InChI=1S/C20H23NO2.C16H23NOS/c1-20(2,21-12-14-23-15-13-21)19(22)18-10-8-17(9-11-18)16-6-4-3-5-7-16;1-16(2,17-10-4-3-5-11-17)15(18)14-8-6-13(12-19)7-9-14/h3-11H,12-15H2,1-2H3;6-9,19H,3-5,10-12H2,1-2H3. The number of carbonyl (C=O) groups is 2. The molecule has 3 aromatic rings. The monoisotopic (exact) mass is 586 g/mol.